The lowest BCUT2D eigenvalue weighted by Gasteiger charge is -2.10. The molecule has 0 fully saturated rings. The van der Waals surface area contributed by atoms with Crippen molar-refractivity contribution < 1.29 is 0 Å². The number of anilines is 3. The predicted molar refractivity (Wildman–Crippen MR) is 95.0 cm³/mol. The lowest BCUT2D eigenvalue weighted by atomic mass is 10.2. The van der Waals surface area contributed by atoms with E-state index in [9.17, 15) is 0 Å². The first kappa shape index (κ1) is 15.5. The van der Waals surface area contributed by atoms with Crippen LogP contribution in [0, 0.1) is 18.3 Å². The molecule has 3 rings (SSSR count). The van der Waals surface area contributed by atoms with Gasteiger partial charge in [-0.3, -0.25) is 0 Å². The Morgan fingerprint density at radius 2 is 1.75 bits per heavy atom. The van der Waals surface area contributed by atoms with Gasteiger partial charge in [0.1, 0.15) is 5.82 Å². The fraction of sp³-hybridized carbons (Fsp3) is 0.105. The van der Waals surface area contributed by atoms with Gasteiger partial charge in [0.25, 0.3) is 0 Å². The molecule has 0 aliphatic carbocycles. The quantitative estimate of drug-likeness (QED) is 0.744. The van der Waals surface area contributed by atoms with Crippen molar-refractivity contribution in [2.24, 2.45) is 0 Å². The summed E-state index contributed by atoms with van der Waals surface area (Å²) < 4.78 is 0. The molecular formula is C19H17N5. The normalized spacial score (nSPS) is 10.0. The van der Waals surface area contributed by atoms with Gasteiger partial charge in [0.05, 0.1) is 11.6 Å². The first-order valence-electron chi connectivity index (χ1n) is 7.63. The number of nitrogens with one attached hydrogen (secondary N) is 2. The Balaban J connectivity index is 1.72. The van der Waals surface area contributed by atoms with Gasteiger partial charge in [0.15, 0.2) is 0 Å². The van der Waals surface area contributed by atoms with E-state index in [0.29, 0.717) is 23.9 Å². The molecule has 3 aromatic rings. The molecule has 0 saturated heterocycles. The zero-order chi connectivity index (χ0) is 16.8. The van der Waals surface area contributed by atoms with E-state index in [0.717, 1.165) is 11.4 Å². The van der Waals surface area contributed by atoms with E-state index in [4.69, 9.17) is 5.26 Å². The van der Waals surface area contributed by atoms with E-state index < -0.39 is 0 Å². The van der Waals surface area contributed by atoms with Crippen LogP contribution in [0.3, 0.4) is 0 Å². The highest BCUT2D eigenvalue weighted by Gasteiger charge is 2.03. The molecule has 1 heterocycles. The lowest BCUT2D eigenvalue weighted by Crippen LogP contribution is -2.06. The molecule has 5 nitrogen and oxygen atoms in total. The zero-order valence-corrected chi connectivity index (χ0v) is 13.3. The summed E-state index contributed by atoms with van der Waals surface area (Å²) in [4.78, 5) is 8.90. The Labute approximate surface area is 141 Å². The van der Waals surface area contributed by atoms with Gasteiger partial charge < -0.3 is 10.6 Å². The molecule has 1 aromatic heterocycles. The van der Waals surface area contributed by atoms with Crippen LogP contribution in [0.25, 0.3) is 0 Å². The fourth-order valence-electron chi connectivity index (χ4n) is 2.26. The molecule has 0 amide bonds. The maximum atomic E-state index is 8.84. The number of aryl methyl sites for hydroxylation is 1. The van der Waals surface area contributed by atoms with Gasteiger partial charge in [-0.1, -0.05) is 30.3 Å². The van der Waals surface area contributed by atoms with Crippen molar-refractivity contribution in [1.29, 1.82) is 5.26 Å². The topological polar surface area (TPSA) is 73.6 Å². The predicted octanol–water partition coefficient (Wildman–Crippen LogP) is 4.01. The van der Waals surface area contributed by atoms with Gasteiger partial charge in [-0.15, -0.1) is 0 Å². The number of aromatic nitrogens is 2. The molecule has 0 atom stereocenters. The molecule has 0 bridgehead atoms. The highest BCUT2D eigenvalue weighted by molar-refractivity contribution is 5.58. The number of nitriles is 1. The Hall–Kier alpha value is -3.39. The van der Waals surface area contributed by atoms with E-state index in [1.165, 1.54) is 5.56 Å². The molecule has 0 aliphatic rings. The van der Waals surface area contributed by atoms with Crippen LogP contribution in [0.5, 0.6) is 0 Å². The van der Waals surface area contributed by atoms with E-state index in [-0.39, 0.29) is 0 Å². The van der Waals surface area contributed by atoms with Crippen molar-refractivity contribution in [3.63, 3.8) is 0 Å². The summed E-state index contributed by atoms with van der Waals surface area (Å²) in [6, 6.07) is 21.3. The van der Waals surface area contributed by atoms with E-state index in [2.05, 4.69) is 38.8 Å². The molecule has 118 valence electrons. The first-order valence-corrected chi connectivity index (χ1v) is 7.63. The maximum absolute atomic E-state index is 8.84. The second-order valence-electron chi connectivity index (χ2n) is 5.37. The highest BCUT2D eigenvalue weighted by Crippen LogP contribution is 2.17. The second-order valence-corrected chi connectivity index (χ2v) is 5.37. The summed E-state index contributed by atoms with van der Waals surface area (Å²) in [5.74, 6) is 1.29. The Morgan fingerprint density at radius 1 is 1.00 bits per heavy atom. The largest absolute Gasteiger partial charge is 0.350 e. The van der Waals surface area contributed by atoms with Crippen molar-refractivity contribution in [1.82, 2.24) is 9.97 Å². The van der Waals surface area contributed by atoms with Crippen LogP contribution in [-0.4, -0.2) is 9.97 Å². The Morgan fingerprint density at radius 3 is 2.46 bits per heavy atom. The van der Waals surface area contributed by atoms with Gasteiger partial charge in [-0.25, -0.2) is 4.98 Å². The van der Waals surface area contributed by atoms with Gasteiger partial charge in [-0.2, -0.15) is 10.2 Å². The molecule has 0 unspecified atom stereocenters. The van der Waals surface area contributed by atoms with Gasteiger partial charge in [-0.05, 0) is 36.8 Å². The molecule has 0 radical (unpaired) electrons. The molecular weight excluding hydrogens is 298 g/mol. The third-order valence-electron chi connectivity index (χ3n) is 3.43. The van der Waals surface area contributed by atoms with Crippen LogP contribution in [0.1, 0.15) is 16.8 Å². The van der Waals surface area contributed by atoms with Crippen molar-refractivity contribution in [3.8, 4) is 6.07 Å². The molecule has 0 saturated carbocycles. The number of hydrogen-bond acceptors (Lipinski definition) is 5. The minimum absolute atomic E-state index is 0.579. The summed E-state index contributed by atoms with van der Waals surface area (Å²) in [6.45, 7) is 2.60. The van der Waals surface area contributed by atoms with Gasteiger partial charge in [0.2, 0.25) is 5.95 Å². The number of rotatable bonds is 5. The average Bonchev–Trinajstić information content (AvgIpc) is 2.61. The maximum Gasteiger partial charge on any atom is 0.225 e. The van der Waals surface area contributed by atoms with Crippen LogP contribution in [0.2, 0.25) is 0 Å². The molecule has 2 aromatic carbocycles. The minimum Gasteiger partial charge on any atom is -0.350 e. The molecule has 0 aliphatic heterocycles. The summed E-state index contributed by atoms with van der Waals surface area (Å²) in [7, 11) is 0. The third-order valence-corrected chi connectivity index (χ3v) is 3.43. The minimum atomic E-state index is 0.579. The van der Waals surface area contributed by atoms with E-state index >= 15 is 0 Å². The summed E-state index contributed by atoms with van der Waals surface area (Å²) in [6.07, 6.45) is 0. The van der Waals surface area contributed by atoms with Crippen molar-refractivity contribution in [2.75, 3.05) is 10.6 Å². The molecule has 2 N–H and O–H groups in total. The number of nitrogens with zero attached hydrogens (tertiary/aromatic N) is 3. The first-order chi connectivity index (χ1) is 11.7. The fourth-order valence-corrected chi connectivity index (χ4v) is 2.26. The Kier molecular flexibility index (Phi) is 4.68. The van der Waals surface area contributed by atoms with Crippen molar-refractivity contribution in [2.45, 2.75) is 13.5 Å². The lowest BCUT2D eigenvalue weighted by molar-refractivity contribution is 1.03. The van der Waals surface area contributed by atoms with Crippen LogP contribution in [0.15, 0.2) is 60.7 Å². The third kappa shape index (κ3) is 4.08. The van der Waals surface area contributed by atoms with Gasteiger partial charge in [0, 0.05) is 24.0 Å². The zero-order valence-electron chi connectivity index (χ0n) is 13.3. The summed E-state index contributed by atoms with van der Waals surface area (Å²) in [5.41, 5.74) is 3.55. The molecule has 0 spiro atoms. The second kappa shape index (κ2) is 7.25. The smallest absolute Gasteiger partial charge is 0.225 e. The monoisotopic (exact) mass is 315 g/mol. The van der Waals surface area contributed by atoms with Crippen LogP contribution < -0.4 is 10.6 Å². The van der Waals surface area contributed by atoms with E-state index in [1.807, 2.05) is 43.3 Å². The van der Waals surface area contributed by atoms with Crippen molar-refractivity contribution in [3.05, 3.63) is 77.5 Å². The van der Waals surface area contributed by atoms with Gasteiger partial charge >= 0.3 is 0 Å². The van der Waals surface area contributed by atoms with Crippen LogP contribution in [-0.2, 0) is 6.54 Å². The summed E-state index contributed by atoms with van der Waals surface area (Å²) in [5, 5.41) is 15.3. The average molecular weight is 315 g/mol. The number of hydrogen-bond donors (Lipinski definition) is 2. The van der Waals surface area contributed by atoms with E-state index in [1.54, 1.807) is 12.1 Å². The van der Waals surface area contributed by atoms with Crippen molar-refractivity contribution >= 4 is 17.5 Å². The standard InChI is InChI=1S/C19H17N5/c1-14-11-18(23-17-9-7-15(12-20)8-10-17)24-19(22-14)21-13-16-5-3-2-4-6-16/h2-11H,13H2,1H3,(H2,21,22,23,24). The van der Waals surface area contributed by atoms with Crippen LogP contribution in [0.4, 0.5) is 17.5 Å². The molecule has 5 heteroatoms. The van der Waals surface area contributed by atoms with Crippen LogP contribution >= 0.6 is 0 Å². The number of benzene rings is 2. The highest BCUT2D eigenvalue weighted by atomic mass is 15.1. The SMILES string of the molecule is Cc1cc(Nc2ccc(C#N)cc2)nc(NCc2ccccc2)n1. The molecule has 24 heavy (non-hydrogen) atoms. The Bertz CT molecular complexity index is 851. The summed E-state index contributed by atoms with van der Waals surface area (Å²) >= 11 is 0.